The average Bonchev–Trinajstić information content (AvgIpc) is 3.19. The van der Waals surface area contributed by atoms with E-state index in [1.54, 1.807) is 45.0 Å². The largest absolute Gasteiger partial charge is 0.450 e. The van der Waals surface area contributed by atoms with Crippen LogP contribution in [0.25, 0.3) is 0 Å². The van der Waals surface area contributed by atoms with Crippen molar-refractivity contribution >= 4 is 29.9 Å². The first-order valence-corrected chi connectivity index (χ1v) is 15.4. The number of hydrogen-bond donors (Lipinski definition) is 4. The molecule has 12 heteroatoms. The first kappa shape index (κ1) is 35.5. The lowest BCUT2D eigenvalue weighted by Gasteiger charge is -2.21. The van der Waals surface area contributed by atoms with Crippen LogP contribution in [0.5, 0.6) is 0 Å². The van der Waals surface area contributed by atoms with Crippen molar-refractivity contribution in [2.45, 2.75) is 90.7 Å². The van der Waals surface area contributed by atoms with E-state index >= 15 is 0 Å². The third-order valence-electron chi connectivity index (χ3n) is 6.63. The van der Waals surface area contributed by atoms with Crippen molar-refractivity contribution in [3.05, 3.63) is 35.4 Å². The molecule has 1 aromatic carbocycles. The first-order chi connectivity index (χ1) is 20.5. The lowest BCUT2D eigenvalue weighted by molar-refractivity contribution is -0.123. The predicted molar refractivity (Wildman–Crippen MR) is 163 cm³/mol. The van der Waals surface area contributed by atoms with Crippen LogP contribution in [0, 0.1) is 0 Å². The SMILES string of the molecule is CCCCOC(=O)NCCCNC(CCCNC(=O)OC(C)(C)C)C(=O)NCCCCCN1C(=O)c2ccccc2C1=O. The summed E-state index contributed by atoms with van der Waals surface area (Å²) in [6.07, 6.45) is 4.58. The summed E-state index contributed by atoms with van der Waals surface area (Å²) in [5.41, 5.74) is 0.305. The molecule has 1 aromatic rings. The topological polar surface area (TPSA) is 155 Å². The fraction of sp³-hybridized carbons (Fsp3) is 0.645. The van der Waals surface area contributed by atoms with Crippen LogP contribution < -0.4 is 21.3 Å². The molecule has 1 heterocycles. The summed E-state index contributed by atoms with van der Waals surface area (Å²) in [6, 6.07) is 6.36. The highest BCUT2D eigenvalue weighted by Crippen LogP contribution is 2.22. The second kappa shape index (κ2) is 18.8. The minimum Gasteiger partial charge on any atom is -0.450 e. The summed E-state index contributed by atoms with van der Waals surface area (Å²) >= 11 is 0. The molecule has 0 fully saturated rings. The number of ether oxygens (including phenoxy) is 2. The number of nitrogens with one attached hydrogen (secondary N) is 4. The van der Waals surface area contributed by atoms with E-state index in [9.17, 15) is 24.0 Å². The second-order valence-electron chi connectivity index (χ2n) is 11.5. The van der Waals surface area contributed by atoms with E-state index in [0.717, 1.165) is 19.3 Å². The molecule has 12 nitrogen and oxygen atoms in total. The summed E-state index contributed by atoms with van der Waals surface area (Å²) in [6.45, 7) is 9.88. The number of hydrogen-bond acceptors (Lipinski definition) is 8. The maximum atomic E-state index is 13.0. The summed E-state index contributed by atoms with van der Waals surface area (Å²) in [5, 5.41) is 11.6. The van der Waals surface area contributed by atoms with Gasteiger partial charge in [-0.05, 0) is 84.4 Å². The molecule has 1 atom stereocenters. The fourth-order valence-electron chi connectivity index (χ4n) is 4.40. The van der Waals surface area contributed by atoms with Crippen LogP contribution >= 0.6 is 0 Å². The number of carbonyl (C=O) groups is 5. The zero-order valence-corrected chi connectivity index (χ0v) is 26.1. The molecule has 0 aliphatic carbocycles. The van der Waals surface area contributed by atoms with Crippen LogP contribution in [-0.2, 0) is 14.3 Å². The minimum atomic E-state index is -0.588. The van der Waals surface area contributed by atoms with Crippen molar-refractivity contribution in [1.29, 1.82) is 0 Å². The Balaban J connectivity index is 1.71. The Morgan fingerprint density at radius 1 is 0.791 bits per heavy atom. The molecule has 4 N–H and O–H groups in total. The number of unbranched alkanes of at least 4 members (excludes halogenated alkanes) is 3. The van der Waals surface area contributed by atoms with Crippen molar-refractivity contribution < 1.29 is 33.4 Å². The van der Waals surface area contributed by atoms with E-state index in [2.05, 4.69) is 21.3 Å². The molecule has 43 heavy (non-hydrogen) atoms. The fourth-order valence-corrected chi connectivity index (χ4v) is 4.40. The van der Waals surface area contributed by atoms with Crippen LogP contribution in [-0.4, -0.2) is 85.8 Å². The number of benzene rings is 1. The van der Waals surface area contributed by atoms with Crippen molar-refractivity contribution in [2.24, 2.45) is 0 Å². The zero-order chi connectivity index (χ0) is 31.7. The molecule has 0 saturated carbocycles. The molecular weight excluding hydrogens is 554 g/mol. The number of alkyl carbamates (subject to hydrolysis) is 2. The van der Waals surface area contributed by atoms with Gasteiger partial charge in [0.15, 0.2) is 0 Å². The number of nitrogens with zero attached hydrogens (tertiary/aromatic N) is 1. The Morgan fingerprint density at radius 2 is 1.42 bits per heavy atom. The summed E-state index contributed by atoms with van der Waals surface area (Å²) in [4.78, 5) is 62.8. The number of carbonyl (C=O) groups excluding carboxylic acids is 5. The number of rotatable bonds is 19. The highest BCUT2D eigenvalue weighted by Gasteiger charge is 2.34. The molecule has 240 valence electrons. The molecule has 1 aliphatic rings. The normalized spacial score (nSPS) is 13.3. The maximum Gasteiger partial charge on any atom is 0.407 e. The smallest absolute Gasteiger partial charge is 0.407 e. The first-order valence-electron chi connectivity index (χ1n) is 15.4. The quantitative estimate of drug-likeness (QED) is 0.138. The van der Waals surface area contributed by atoms with Crippen LogP contribution in [0.2, 0.25) is 0 Å². The monoisotopic (exact) mass is 603 g/mol. The minimum absolute atomic E-state index is 0.149. The maximum absolute atomic E-state index is 13.0. The van der Waals surface area contributed by atoms with Gasteiger partial charge < -0.3 is 30.7 Å². The van der Waals surface area contributed by atoms with Gasteiger partial charge in [0.25, 0.3) is 11.8 Å². The van der Waals surface area contributed by atoms with Gasteiger partial charge >= 0.3 is 12.2 Å². The van der Waals surface area contributed by atoms with Gasteiger partial charge in [0.1, 0.15) is 5.60 Å². The number of fused-ring (bicyclic) bond motifs is 1. The molecule has 5 amide bonds. The third kappa shape index (κ3) is 13.5. The lowest BCUT2D eigenvalue weighted by Crippen LogP contribution is -2.45. The second-order valence-corrected chi connectivity index (χ2v) is 11.5. The van der Waals surface area contributed by atoms with Gasteiger partial charge in [-0.1, -0.05) is 25.5 Å². The van der Waals surface area contributed by atoms with Crippen LogP contribution in [0.1, 0.15) is 99.8 Å². The molecule has 0 spiro atoms. The van der Waals surface area contributed by atoms with Crippen LogP contribution in [0.4, 0.5) is 9.59 Å². The number of amides is 5. The standard InChI is InChI=1S/C31H49N5O7/c1-5-6-22-42-29(40)34-20-13-19-32-25(16-12-18-35-30(41)43-31(2,3)4)26(37)33-17-10-7-11-21-36-27(38)23-14-8-9-15-24(23)28(36)39/h8-9,14-15,25,32H,5-7,10-13,16-22H2,1-4H3,(H,33,37)(H,34,40)(H,35,41). The van der Waals surface area contributed by atoms with E-state index in [4.69, 9.17) is 9.47 Å². The van der Waals surface area contributed by atoms with Crippen LogP contribution in [0.15, 0.2) is 24.3 Å². The van der Waals surface area contributed by atoms with E-state index in [-0.39, 0.29) is 17.7 Å². The molecule has 0 radical (unpaired) electrons. The Labute approximate surface area is 255 Å². The van der Waals surface area contributed by atoms with E-state index in [0.29, 0.717) is 82.6 Å². The molecule has 0 saturated heterocycles. The number of imide groups is 1. The van der Waals surface area contributed by atoms with E-state index < -0.39 is 23.8 Å². The summed E-state index contributed by atoms with van der Waals surface area (Å²) in [7, 11) is 0. The Morgan fingerprint density at radius 3 is 2.07 bits per heavy atom. The van der Waals surface area contributed by atoms with Crippen molar-refractivity contribution in [2.75, 3.05) is 39.3 Å². The average molecular weight is 604 g/mol. The van der Waals surface area contributed by atoms with Gasteiger partial charge in [0.05, 0.1) is 23.8 Å². The Bertz CT molecular complexity index is 1040. The van der Waals surface area contributed by atoms with Crippen molar-refractivity contribution in [3.8, 4) is 0 Å². The van der Waals surface area contributed by atoms with Gasteiger partial charge in [-0.2, -0.15) is 0 Å². The predicted octanol–water partition coefficient (Wildman–Crippen LogP) is 3.75. The highest BCUT2D eigenvalue weighted by molar-refractivity contribution is 6.21. The molecule has 1 aliphatic heterocycles. The lowest BCUT2D eigenvalue weighted by atomic mass is 10.1. The van der Waals surface area contributed by atoms with Gasteiger partial charge in [-0.15, -0.1) is 0 Å². The zero-order valence-electron chi connectivity index (χ0n) is 26.1. The third-order valence-corrected chi connectivity index (χ3v) is 6.63. The molecule has 2 rings (SSSR count). The molecule has 1 unspecified atom stereocenters. The summed E-state index contributed by atoms with van der Waals surface area (Å²) in [5.74, 6) is -0.662. The Kier molecular flexibility index (Phi) is 15.5. The van der Waals surface area contributed by atoms with Gasteiger partial charge in [0.2, 0.25) is 5.91 Å². The molecular formula is C31H49N5O7. The van der Waals surface area contributed by atoms with Crippen molar-refractivity contribution in [1.82, 2.24) is 26.2 Å². The van der Waals surface area contributed by atoms with E-state index in [1.165, 1.54) is 4.90 Å². The Hall–Kier alpha value is -3.67. The molecule has 0 aromatic heterocycles. The van der Waals surface area contributed by atoms with E-state index in [1.807, 2.05) is 6.92 Å². The van der Waals surface area contributed by atoms with Crippen molar-refractivity contribution in [3.63, 3.8) is 0 Å². The van der Waals surface area contributed by atoms with Gasteiger partial charge in [-0.3, -0.25) is 19.3 Å². The molecule has 0 bridgehead atoms. The highest BCUT2D eigenvalue weighted by atomic mass is 16.6. The van der Waals surface area contributed by atoms with Crippen LogP contribution in [0.3, 0.4) is 0 Å². The summed E-state index contributed by atoms with van der Waals surface area (Å²) < 4.78 is 10.3. The van der Waals surface area contributed by atoms with Gasteiger partial charge in [0, 0.05) is 26.2 Å². The van der Waals surface area contributed by atoms with Gasteiger partial charge in [-0.25, -0.2) is 9.59 Å².